The molecule has 0 saturated carbocycles. The predicted molar refractivity (Wildman–Crippen MR) is 123 cm³/mol. The number of amides is 1. The molecule has 1 heterocycles. The lowest BCUT2D eigenvalue weighted by atomic mass is 10.1. The molecule has 1 atom stereocenters. The van der Waals surface area contributed by atoms with E-state index in [9.17, 15) is 9.18 Å². The van der Waals surface area contributed by atoms with Gasteiger partial charge in [-0.1, -0.05) is 19.1 Å². The van der Waals surface area contributed by atoms with Crippen LogP contribution in [0.25, 0.3) is 0 Å². The molecule has 0 aliphatic carbocycles. The van der Waals surface area contributed by atoms with Crippen molar-refractivity contribution in [2.24, 2.45) is 0 Å². The summed E-state index contributed by atoms with van der Waals surface area (Å²) in [5, 5.41) is 2.77. The van der Waals surface area contributed by atoms with E-state index in [2.05, 4.69) is 29.0 Å². The van der Waals surface area contributed by atoms with E-state index in [1.54, 1.807) is 26.4 Å². The third-order valence-electron chi connectivity index (χ3n) is 5.56. The molecule has 0 aliphatic heterocycles. The zero-order valence-electron chi connectivity index (χ0n) is 19.4. The zero-order valence-corrected chi connectivity index (χ0v) is 19.4. The molecule has 0 radical (unpaired) electrons. The van der Waals surface area contributed by atoms with Gasteiger partial charge in [-0.2, -0.15) is 0 Å². The first kappa shape index (κ1) is 24.3. The first-order valence-electron chi connectivity index (χ1n) is 10.9. The molecule has 0 spiro atoms. The second-order valence-electron chi connectivity index (χ2n) is 7.78. The number of aromatic nitrogens is 1. The Morgan fingerprint density at radius 2 is 1.91 bits per heavy atom. The van der Waals surface area contributed by atoms with E-state index in [4.69, 9.17) is 13.9 Å². The van der Waals surface area contributed by atoms with Crippen molar-refractivity contribution in [1.82, 2.24) is 15.2 Å². The number of benzene rings is 2. The molecule has 1 N–H and O–H groups in total. The highest BCUT2D eigenvalue weighted by molar-refractivity contribution is 5.91. The molecule has 0 unspecified atom stereocenters. The first-order valence-corrected chi connectivity index (χ1v) is 10.9. The summed E-state index contributed by atoms with van der Waals surface area (Å²) in [6, 6.07) is 11.9. The molecule has 3 aromatic rings. The predicted octanol–water partition coefficient (Wildman–Crippen LogP) is 4.56. The van der Waals surface area contributed by atoms with Crippen LogP contribution in [0.15, 0.2) is 53.1 Å². The number of carbonyl (C=O) groups is 1. The Morgan fingerprint density at radius 3 is 2.58 bits per heavy atom. The van der Waals surface area contributed by atoms with E-state index in [0.29, 0.717) is 19.0 Å². The fourth-order valence-electron chi connectivity index (χ4n) is 3.39. The molecule has 8 heteroatoms. The van der Waals surface area contributed by atoms with E-state index in [-0.39, 0.29) is 30.0 Å². The van der Waals surface area contributed by atoms with Gasteiger partial charge in [-0.3, -0.25) is 9.69 Å². The highest BCUT2D eigenvalue weighted by atomic mass is 19.1. The Kier molecular flexibility index (Phi) is 8.43. The number of nitrogens with one attached hydrogen (secondary N) is 1. The van der Waals surface area contributed by atoms with Gasteiger partial charge in [-0.05, 0) is 49.2 Å². The normalized spacial score (nSPS) is 11.9. The highest BCUT2D eigenvalue weighted by Gasteiger charge is 2.20. The highest BCUT2D eigenvalue weighted by Crippen LogP contribution is 2.27. The smallest absolute Gasteiger partial charge is 0.273 e. The Morgan fingerprint density at radius 1 is 1.15 bits per heavy atom. The summed E-state index contributed by atoms with van der Waals surface area (Å²) in [7, 11) is 3.28. The molecular formula is C25H30FN3O4. The molecular weight excluding hydrogens is 425 g/mol. The number of nitrogens with zero attached hydrogens (tertiary/aromatic N) is 2. The molecule has 2 aromatic carbocycles. The maximum atomic E-state index is 13.0. The van der Waals surface area contributed by atoms with Crippen molar-refractivity contribution < 1.29 is 23.1 Å². The lowest BCUT2D eigenvalue weighted by molar-refractivity contribution is 0.0945. The molecule has 0 bridgehead atoms. The van der Waals surface area contributed by atoms with E-state index >= 15 is 0 Å². The van der Waals surface area contributed by atoms with Crippen molar-refractivity contribution in [2.75, 3.05) is 14.2 Å². The molecule has 1 aromatic heterocycles. The number of oxazole rings is 1. The minimum atomic E-state index is -0.348. The monoisotopic (exact) mass is 455 g/mol. The van der Waals surface area contributed by atoms with Crippen LogP contribution in [0.1, 0.15) is 47.8 Å². The minimum Gasteiger partial charge on any atom is -0.497 e. The number of methoxy groups -OCH3 is 2. The third-order valence-corrected chi connectivity index (χ3v) is 5.56. The summed E-state index contributed by atoms with van der Waals surface area (Å²) >= 11 is 0. The number of hydrogen-bond acceptors (Lipinski definition) is 6. The van der Waals surface area contributed by atoms with Crippen molar-refractivity contribution in [3.63, 3.8) is 0 Å². The maximum Gasteiger partial charge on any atom is 0.273 e. The SMILES string of the molecule is CC[C@@H](C)N(Cc1nc(C(=O)NCc2ccc(F)cc2)co1)Cc1cc(OC)ccc1OC. The van der Waals surface area contributed by atoms with Gasteiger partial charge in [-0.25, -0.2) is 9.37 Å². The quantitative estimate of drug-likeness (QED) is 0.457. The minimum absolute atomic E-state index is 0.204. The van der Waals surface area contributed by atoms with E-state index < -0.39 is 0 Å². The van der Waals surface area contributed by atoms with Crippen LogP contribution in [-0.4, -0.2) is 36.1 Å². The molecule has 33 heavy (non-hydrogen) atoms. The maximum absolute atomic E-state index is 13.0. The van der Waals surface area contributed by atoms with Gasteiger partial charge in [0.05, 0.1) is 20.8 Å². The average Bonchev–Trinajstić information content (AvgIpc) is 3.31. The molecule has 0 aliphatic rings. The van der Waals surface area contributed by atoms with Gasteiger partial charge in [0, 0.05) is 24.7 Å². The molecule has 0 fully saturated rings. The number of halogens is 1. The third kappa shape index (κ3) is 6.55. The van der Waals surface area contributed by atoms with Crippen LogP contribution in [0.3, 0.4) is 0 Å². The molecule has 0 saturated heterocycles. The number of hydrogen-bond donors (Lipinski definition) is 1. The van der Waals surface area contributed by atoms with Crippen LogP contribution in [0, 0.1) is 5.82 Å². The average molecular weight is 456 g/mol. The van der Waals surface area contributed by atoms with Crippen LogP contribution in [0.5, 0.6) is 11.5 Å². The Labute approximate surface area is 193 Å². The van der Waals surface area contributed by atoms with E-state index in [0.717, 1.165) is 29.0 Å². The lowest BCUT2D eigenvalue weighted by Crippen LogP contribution is -2.32. The number of rotatable bonds is 11. The second-order valence-corrected chi connectivity index (χ2v) is 7.78. The number of carbonyl (C=O) groups excluding carboxylic acids is 1. The molecule has 176 valence electrons. The van der Waals surface area contributed by atoms with Crippen LogP contribution < -0.4 is 14.8 Å². The fraction of sp³-hybridized carbons (Fsp3) is 0.360. The van der Waals surface area contributed by atoms with Crippen LogP contribution in [0.2, 0.25) is 0 Å². The standard InChI is InChI=1S/C25H30FN3O4/c1-5-17(2)29(14-19-12-21(31-3)10-11-23(19)32-4)15-24-28-22(16-33-24)25(30)27-13-18-6-8-20(26)9-7-18/h6-12,16-17H,5,13-15H2,1-4H3,(H,27,30)/t17-/m1/s1. The second kappa shape index (κ2) is 11.5. The summed E-state index contributed by atoms with van der Waals surface area (Å²) in [4.78, 5) is 19.1. The summed E-state index contributed by atoms with van der Waals surface area (Å²) in [6.45, 7) is 5.55. The number of ether oxygens (including phenoxy) is 2. The lowest BCUT2D eigenvalue weighted by Gasteiger charge is -2.28. The van der Waals surface area contributed by atoms with Gasteiger partial charge < -0.3 is 19.2 Å². The van der Waals surface area contributed by atoms with Gasteiger partial charge in [0.2, 0.25) is 5.89 Å². The van der Waals surface area contributed by atoms with Crippen molar-refractivity contribution in [2.45, 2.75) is 45.9 Å². The van der Waals surface area contributed by atoms with E-state index in [1.165, 1.54) is 18.4 Å². The van der Waals surface area contributed by atoms with Gasteiger partial charge in [0.25, 0.3) is 5.91 Å². The van der Waals surface area contributed by atoms with Crippen molar-refractivity contribution in [3.8, 4) is 11.5 Å². The van der Waals surface area contributed by atoms with Crippen LogP contribution in [-0.2, 0) is 19.6 Å². The van der Waals surface area contributed by atoms with Gasteiger partial charge in [0.1, 0.15) is 23.6 Å². The van der Waals surface area contributed by atoms with Crippen LogP contribution in [0.4, 0.5) is 4.39 Å². The largest absolute Gasteiger partial charge is 0.497 e. The summed E-state index contributed by atoms with van der Waals surface area (Å²) in [5.41, 5.74) is 1.99. The van der Waals surface area contributed by atoms with Crippen molar-refractivity contribution >= 4 is 5.91 Å². The van der Waals surface area contributed by atoms with Gasteiger partial charge in [0.15, 0.2) is 5.69 Å². The fourth-order valence-corrected chi connectivity index (χ4v) is 3.39. The molecule has 1 amide bonds. The molecule has 7 nitrogen and oxygen atoms in total. The topological polar surface area (TPSA) is 76.8 Å². The summed E-state index contributed by atoms with van der Waals surface area (Å²) < 4.78 is 29.5. The summed E-state index contributed by atoms with van der Waals surface area (Å²) in [5.74, 6) is 1.31. The van der Waals surface area contributed by atoms with Crippen molar-refractivity contribution in [1.29, 1.82) is 0 Å². The van der Waals surface area contributed by atoms with Gasteiger partial charge in [-0.15, -0.1) is 0 Å². The Balaban J connectivity index is 1.68. The Bertz CT molecular complexity index is 1050. The van der Waals surface area contributed by atoms with Gasteiger partial charge >= 0.3 is 0 Å². The van der Waals surface area contributed by atoms with E-state index in [1.807, 2.05) is 18.2 Å². The Hall–Kier alpha value is -3.39. The van der Waals surface area contributed by atoms with Crippen LogP contribution >= 0.6 is 0 Å². The first-order chi connectivity index (χ1) is 15.9. The van der Waals surface area contributed by atoms with Crippen molar-refractivity contribution in [3.05, 3.63) is 77.3 Å². The summed E-state index contributed by atoms with van der Waals surface area (Å²) in [6.07, 6.45) is 2.29. The zero-order chi connectivity index (χ0) is 23.8. The molecule has 3 rings (SSSR count).